The zero-order chi connectivity index (χ0) is 15.1. The number of hydrogen-bond donors (Lipinski definition) is 1. The smallest absolute Gasteiger partial charge is 0.309 e. The number of carbonyl (C=O) groups is 1. The van der Waals surface area contributed by atoms with Crippen LogP contribution in [0.5, 0.6) is 0 Å². The van der Waals surface area contributed by atoms with Crippen molar-refractivity contribution in [2.45, 2.75) is 51.9 Å². The van der Waals surface area contributed by atoms with Crippen molar-refractivity contribution in [2.75, 3.05) is 13.7 Å². The minimum atomic E-state index is -0.110. The SMILES string of the molecule is CCOC(=O)CC1=C(/C=C\NOC)[C@@H](CCC2CC2)CC1. The molecule has 118 valence electrons. The fourth-order valence-electron chi connectivity index (χ4n) is 3.10. The van der Waals surface area contributed by atoms with Gasteiger partial charge in [-0.25, -0.2) is 0 Å². The van der Waals surface area contributed by atoms with E-state index in [1.54, 1.807) is 7.11 Å². The average Bonchev–Trinajstić information content (AvgIpc) is 3.22. The third-order valence-corrected chi connectivity index (χ3v) is 4.37. The van der Waals surface area contributed by atoms with Crippen molar-refractivity contribution in [1.82, 2.24) is 5.48 Å². The van der Waals surface area contributed by atoms with Crippen molar-refractivity contribution >= 4 is 5.97 Å². The van der Waals surface area contributed by atoms with Gasteiger partial charge in [-0.05, 0) is 56.1 Å². The fourth-order valence-corrected chi connectivity index (χ4v) is 3.10. The van der Waals surface area contributed by atoms with Gasteiger partial charge in [-0.2, -0.15) is 0 Å². The first-order valence-corrected chi connectivity index (χ1v) is 8.07. The van der Waals surface area contributed by atoms with Gasteiger partial charge in [0.15, 0.2) is 0 Å². The van der Waals surface area contributed by atoms with E-state index in [1.165, 1.54) is 36.8 Å². The molecule has 1 fully saturated rings. The molecular weight excluding hydrogens is 266 g/mol. The van der Waals surface area contributed by atoms with Crippen LogP contribution in [0.25, 0.3) is 0 Å². The Labute approximate surface area is 127 Å². The molecule has 0 aromatic rings. The highest BCUT2D eigenvalue weighted by Gasteiger charge is 2.28. The van der Waals surface area contributed by atoms with Gasteiger partial charge in [0.2, 0.25) is 0 Å². The van der Waals surface area contributed by atoms with E-state index in [2.05, 4.69) is 11.6 Å². The molecule has 0 aliphatic heterocycles. The van der Waals surface area contributed by atoms with Crippen LogP contribution in [-0.2, 0) is 14.4 Å². The Morgan fingerprint density at radius 2 is 2.14 bits per heavy atom. The summed E-state index contributed by atoms with van der Waals surface area (Å²) >= 11 is 0. The van der Waals surface area contributed by atoms with Crippen LogP contribution in [0.15, 0.2) is 23.4 Å². The van der Waals surface area contributed by atoms with Crippen LogP contribution < -0.4 is 5.48 Å². The molecule has 0 spiro atoms. The Morgan fingerprint density at radius 3 is 2.81 bits per heavy atom. The molecule has 0 unspecified atom stereocenters. The highest BCUT2D eigenvalue weighted by Crippen LogP contribution is 2.41. The molecule has 1 N–H and O–H groups in total. The molecule has 21 heavy (non-hydrogen) atoms. The molecule has 4 nitrogen and oxygen atoms in total. The van der Waals surface area contributed by atoms with E-state index in [1.807, 2.05) is 13.1 Å². The molecule has 1 saturated carbocycles. The summed E-state index contributed by atoms with van der Waals surface area (Å²) in [5, 5.41) is 0. The van der Waals surface area contributed by atoms with Crippen LogP contribution in [0.1, 0.15) is 51.9 Å². The zero-order valence-electron chi connectivity index (χ0n) is 13.2. The Kier molecular flexibility index (Phi) is 6.30. The number of hydrogen-bond acceptors (Lipinski definition) is 4. The maximum atomic E-state index is 11.7. The van der Waals surface area contributed by atoms with Crippen molar-refractivity contribution in [3.8, 4) is 0 Å². The van der Waals surface area contributed by atoms with Gasteiger partial charge in [-0.15, -0.1) is 0 Å². The summed E-state index contributed by atoms with van der Waals surface area (Å²) in [6.45, 7) is 2.30. The monoisotopic (exact) mass is 293 g/mol. The van der Waals surface area contributed by atoms with E-state index >= 15 is 0 Å². The maximum Gasteiger partial charge on any atom is 0.309 e. The number of allylic oxidation sites excluding steroid dienone is 2. The third kappa shape index (κ3) is 5.20. The third-order valence-electron chi connectivity index (χ3n) is 4.37. The average molecular weight is 293 g/mol. The summed E-state index contributed by atoms with van der Waals surface area (Å²) in [5.74, 6) is 1.44. The summed E-state index contributed by atoms with van der Waals surface area (Å²) in [5.41, 5.74) is 5.29. The van der Waals surface area contributed by atoms with E-state index in [9.17, 15) is 4.79 Å². The van der Waals surface area contributed by atoms with Crippen LogP contribution in [0.4, 0.5) is 0 Å². The standard InChI is InChI=1S/C17H27NO3/c1-3-21-17(19)12-15-9-8-14(7-6-13-4-5-13)16(15)10-11-18-20-2/h10-11,13-14,18H,3-9,12H2,1-2H3/b11-10-/t14-/m0/s1. The van der Waals surface area contributed by atoms with E-state index < -0.39 is 0 Å². The molecule has 0 amide bonds. The predicted octanol–water partition coefficient (Wildman–Crippen LogP) is 3.50. The molecule has 0 bridgehead atoms. The molecule has 2 aliphatic carbocycles. The molecule has 2 aliphatic rings. The second-order valence-electron chi connectivity index (χ2n) is 5.95. The predicted molar refractivity (Wildman–Crippen MR) is 82.2 cm³/mol. The number of carbonyl (C=O) groups excluding carboxylic acids is 1. The molecular formula is C17H27NO3. The first kappa shape index (κ1) is 16.1. The van der Waals surface area contributed by atoms with Gasteiger partial charge in [0.25, 0.3) is 0 Å². The van der Waals surface area contributed by atoms with Gasteiger partial charge in [0, 0.05) is 6.20 Å². The number of nitrogens with one attached hydrogen (secondary N) is 1. The molecule has 0 aromatic heterocycles. The highest BCUT2D eigenvalue weighted by molar-refractivity contribution is 5.73. The minimum absolute atomic E-state index is 0.110. The van der Waals surface area contributed by atoms with Crippen molar-refractivity contribution in [3.05, 3.63) is 23.4 Å². The summed E-state index contributed by atoms with van der Waals surface area (Å²) in [6.07, 6.45) is 11.9. The summed E-state index contributed by atoms with van der Waals surface area (Å²) in [7, 11) is 1.59. The summed E-state index contributed by atoms with van der Waals surface area (Å²) in [6, 6.07) is 0. The zero-order valence-corrected chi connectivity index (χ0v) is 13.2. The number of ether oxygens (including phenoxy) is 1. The van der Waals surface area contributed by atoms with Gasteiger partial charge in [0.05, 0.1) is 20.1 Å². The van der Waals surface area contributed by atoms with Crippen molar-refractivity contribution in [3.63, 3.8) is 0 Å². The van der Waals surface area contributed by atoms with Crippen molar-refractivity contribution in [2.24, 2.45) is 11.8 Å². The largest absolute Gasteiger partial charge is 0.466 e. The number of esters is 1. The molecule has 0 saturated heterocycles. The maximum absolute atomic E-state index is 11.7. The van der Waals surface area contributed by atoms with Crippen LogP contribution >= 0.6 is 0 Å². The van der Waals surface area contributed by atoms with Gasteiger partial charge < -0.3 is 4.74 Å². The first-order chi connectivity index (χ1) is 10.2. The van der Waals surface area contributed by atoms with E-state index in [0.717, 1.165) is 18.8 Å². The first-order valence-electron chi connectivity index (χ1n) is 8.07. The molecule has 1 atom stereocenters. The Morgan fingerprint density at radius 1 is 1.33 bits per heavy atom. The van der Waals surface area contributed by atoms with Gasteiger partial charge in [-0.1, -0.05) is 18.4 Å². The lowest BCUT2D eigenvalue weighted by Crippen LogP contribution is -2.06. The van der Waals surface area contributed by atoms with Crippen LogP contribution in [-0.4, -0.2) is 19.7 Å². The van der Waals surface area contributed by atoms with Crippen molar-refractivity contribution < 1.29 is 14.4 Å². The second-order valence-corrected chi connectivity index (χ2v) is 5.95. The minimum Gasteiger partial charge on any atom is -0.466 e. The molecule has 0 heterocycles. The summed E-state index contributed by atoms with van der Waals surface area (Å²) < 4.78 is 5.08. The van der Waals surface area contributed by atoms with E-state index in [-0.39, 0.29) is 5.97 Å². The number of hydroxylamine groups is 1. The van der Waals surface area contributed by atoms with Gasteiger partial charge in [-0.3, -0.25) is 15.1 Å². The molecule has 0 radical (unpaired) electrons. The normalized spacial score (nSPS) is 22.1. The van der Waals surface area contributed by atoms with E-state index in [0.29, 0.717) is 18.9 Å². The topological polar surface area (TPSA) is 47.6 Å². The Balaban J connectivity index is 1.99. The lowest BCUT2D eigenvalue weighted by atomic mass is 9.93. The highest BCUT2D eigenvalue weighted by atomic mass is 16.6. The van der Waals surface area contributed by atoms with Crippen molar-refractivity contribution in [1.29, 1.82) is 0 Å². The Hall–Kier alpha value is -1.29. The van der Waals surface area contributed by atoms with Crippen LogP contribution in [0, 0.1) is 11.8 Å². The summed E-state index contributed by atoms with van der Waals surface area (Å²) in [4.78, 5) is 16.6. The quantitative estimate of drug-likeness (QED) is 0.522. The number of rotatable bonds is 9. The van der Waals surface area contributed by atoms with Gasteiger partial charge in [0.1, 0.15) is 0 Å². The molecule has 2 rings (SSSR count). The fraction of sp³-hybridized carbons (Fsp3) is 0.706. The lowest BCUT2D eigenvalue weighted by Gasteiger charge is -2.12. The second kappa shape index (κ2) is 8.23. The Bertz CT molecular complexity index is 410. The van der Waals surface area contributed by atoms with Crippen LogP contribution in [0.2, 0.25) is 0 Å². The van der Waals surface area contributed by atoms with Crippen LogP contribution in [0.3, 0.4) is 0 Å². The van der Waals surface area contributed by atoms with E-state index in [4.69, 9.17) is 9.57 Å². The molecule has 4 heteroatoms. The molecule has 0 aromatic carbocycles. The lowest BCUT2D eigenvalue weighted by molar-refractivity contribution is -0.142. The van der Waals surface area contributed by atoms with Gasteiger partial charge >= 0.3 is 5.97 Å².